The molecule has 4 nitrogen and oxygen atoms in total. The third-order valence-electron chi connectivity index (χ3n) is 2.95. The molecular weight excluding hydrogens is 277 g/mol. The van der Waals surface area contributed by atoms with E-state index < -0.39 is 0 Å². The maximum absolute atomic E-state index is 13.4. The van der Waals surface area contributed by atoms with Crippen LogP contribution in [0.3, 0.4) is 0 Å². The number of hydrogen-bond donors (Lipinski definition) is 1. The van der Waals surface area contributed by atoms with E-state index in [9.17, 15) is 4.39 Å². The Bertz CT molecular complexity index is 772. The van der Waals surface area contributed by atoms with E-state index in [0.717, 1.165) is 10.3 Å². The number of ether oxygens (including phenoxy) is 1. The summed E-state index contributed by atoms with van der Waals surface area (Å²) in [4.78, 5) is 9.75. The van der Waals surface area contributed by atoms with Gasteiger partial charge in [-0.3, -0.25) is 0 Å². The highest BCUT2D eigenvalue weighted by atomic mass is 32.1. The van der Waals surface area contributed by atoms with E-state index in [1.54, 1.807) is 20.2 Å². The first-order valence-corrected chi connectivity index (χ1v) is 6.88. The molecule has 1 N–H and O–H groups in total. The smallest absolute Gasteiger partial charge is 0.176 e. The van der Waals surface area contributed by atoms with Gasteiger partial charge in [-0.25, -0.2) is 14.4 Å². The third-order valence-corrected chi connectivity index (χ3v) is 3.84. The van der Waals surface area contributed by atoms with Crippen molar-refractivity contribution in [3.8, 4) is 16.5 Å². The van der Waals surface area contributed by atoms with Crippen molar-refractivity contribution in [2.75, 3.05) is 19.5 Å². The van der Waals surface area contributed by atoms with Crippen LogP contribution in [-0.4, -0.2) is 24.1 Å². The molecule has 3 aromatic rings. The van der Waals surface area contributed by atoms with E-state index in [0.29, 0.717) is 22.9 Å². The summed E-state index contributed by atoms with van der Waals surface area (Å²) in [5.41, 5.74) is 0.565. The Hall–Kier alpha value is -2.21. The third kappa shape index (κ3) is 2.08. The zero-order valence-electron chi connectivity index (χ0n) is 11.0. The lowest BCUT2D eigenvalue weighted by molar-refractivity contribution is 0.418. The number of halogens is 1. The van der Waals surface area contributed by atoms with E-state index in [1.807, 2.05) is 11.4 Å². The SMILES string of the molecule is CNc1nc(-c2sccc2OC)nc2cc(F)ccc12. The summed E-state index contributed by atoms with van der Waals surface area (Å²) in [6.07, 6.45) is 0. The Kier molecular flexibility index (Phi) is 3.23. The van der Waals surface area contributed by atoms with Crippen molar-refractivity contribution in [1.29, 1.82) is 0 Å². The minimum absolute atomic E-state index is 0.317. The highest BCUT2D eigenvalue weighted by molar-refractivity contribution is 7.13. The summed E-state index contributed by atoms with van der Waals surface area (Å²) in [5, 5.41) is 5.71. The van der Waals surface area contributed by atoms with E-state index >= 15 is 0 Å². The van der Waals surface area contributed by atoms with Gasteiger partial charge in [0, 0.05) is 18.5 Å². The van der Waals surface area contributed by atoms with Gasteiger partial charge in [0.25, 0.3) is 0 Å². The van der Waals surface area contributed by atoms with Crippen LogP contribution in [0, 0.1) is 5.82 Å². The molecule has 0 unspecified atom stereocenters. The first-order chi connectivity index (χ1) is 9.72. The van der Waals surface area contributed by atoms with Crippen molar-refractivity contribution in [2.24, 2.45) is 0 Å². The zero-order valence-corrected chi connectivity index (χ0v) is 11.8. The summed E-state index contributed by atoms with van der Waals surface area (Å²) in [7, 11) is 3.38. The van der Waals surface area contributed by atoms with Crippen LogP contribution in [0.4, 0.5) is 10.2 Å². The number of methoxy groups -OCH3 is 1. The number of nitrogens with one attached hydrogen (secondary N) is 1. The number of rotatable bonds is 3. The molecule has 0 aliphatic heterocycles. The van der Waals surface area contributed by atoms with Gasteiger partial charge < -0.3 is 10.1 Å². The molecule has 20 heavy (non-hydrogen) atoms. The number of anilines is 1. The van der Waals surface area contributed by atoms with Crippen molar-refractivity contribution >= 4 is 28.1 Å². The molecule has 2 heterocycles. The first-order valence-electron chi connectivity index (χ1n) is 6.00. The molecule has 0 aliphatic carbocycles. The van der Waals surface area contributed by atoms with E-state index in [2.05, 4.69) is 15.3 Å². The lowest BCUT2D eigenvalue weighted by atomic mass is 10.2. The number of hydrogen-bond acceptors (Lipinski definition) is 5. The first kappa shape index (κ1) is 12.8. The number of thiophene rings is 1. The van der Waals surface area contributed by atoms with Gasteiger partial charge in [-0.05, 0) is 23.6 Å². The molecule has 0 radical (unpaired) electrons. The van der Waals surface area contributed by atoms with Crippen molar-refractivity contribution in [1.82, 2.24) is 9.97 Å². The quantitative estimate of drug-likeness (QED) is 0.801. The second-order valence-corrected chi connectivity index (χ2v) is 5.04. The second kappa shape index (κ2) is 5.05. The molecule has 6 heteroatoms. The van der Waals surface area contributed by atoms with Crippen LogP contribution < -0.4 is 10.1 Å². The second-order valence-electron chi connectivity index (χ2n) is 4.13. The van der Waals surface area contributed by atoms with Crippen LogP contribution in [0.25, 0.3) is 21.6 Å². The molecule has 102 valence electrons. The van der Waals surface area contributed by atoms with E-state index in [1.165, 1.54) is 23.5 Å². The monoisotopic (exact) mass is 289 g/mol. The molecule has 0 saturated heterocycles. The predicted molar refractivity (Wildman–Crippen MR) is 78.9 cm³/mol. The van der Waals surface area contributed by atoms with Gasteiger partial charge in [0.05, 0.1) is 12.6 Å². The molecule has 3 rings (SSSR count). The van der Waals surface area contributed by atoms with Crippen LogP contribution in [0.5, 0.6) is 5.75 Å². The van der Waals surface area contributed by atoms with Crippen molar-refractivity contribution in [3.05, 3.63) is 35.5 Å². The zero-order chi connectivity index (χ0) is 14.1. The van der Waals surface area contributed by atoms with E-state index in [4.69, 9.17) is 4.74 Å². The topological polar surface area (TPSA) is 47.0 Å². The lowest BCUT2D eigenvalue weighted by Gasteiger charge is -2.08. The fraction of sp³-hybridized carbons (Fsp3) is 0.143. The minimum atomic E-state index is -0.317. The Morgan fingerprint density at radius 1 is 1.25 bits per heavy atom. The standard InChI is InChI=1S/C14H12FN3OS/c1-16-13-9-4-3-8(15)7-10(9)17-14(18-13)12-11(19-2)5-6-20-12/h3-7H,1-2H3,(H,16,17,18). The number of benzene rings is 1. The number of aromatic nitrogens is 2. The maximum Gasteiger partial charge on any atom is 0.176 e. The molecule has 1 aromatic carbocycles. The average Bonchev–Trinajstić information content (AvgIpc) is 2.94. The van der Waals surface area contributed by atoms with Crippen molar-refractivity contribution in [3.63, 3.8) is 0 Å². The molecular formula is C14H12FN3OS. The summed E-state index contributed by atoms with van der Waals surface area (Å²) in [6, 6.07) is 6.34. The molecule has 0 bridgehead atoms. The fourth-order valence-corrected chi connectivity index (χ4v) is 2.81. The van der Waals surface area contributed by atoms with Crippen LogP contribution in [0.2, 0.25) is 0 Å². The van der Waals surface area contributed by atoms with Gasteiger partial charge >= 0.3 is 0 Å². The molecule has 0 saturated carbocycles. The van der Waals surface area contributed by atoms with Gasteiger partial charge in [0.1, 0.15) is 22.3 Å². The average molecular weight is 289 g/mol. The van der Waals surface area contributed by atoms with Crippen LogP contribution in [0.1, 0.15) is 0 Å². The van der Waals surface area contributed by atoms with Gasteiger partial charge in [-0.15, -0.1) is 11.3 Å². The van der Waals surface area contributed by atoms with E-state index in [-0.39, 0.29) is 5.82 Å². The molecule has 0 aliphatic rings. The number of nitrogens with zero attached hydrogens (tertiary/aromatic N) is 2. The predicted octanol–water partition coefficient (Wildman–Crippen LogP) is 3.55. The summed E-state index contributed by atoms with van der Waals surface area (Å²) < 4.78 is 18.7. The number of fused-ring (bicyclic) bond motifs is 1. The van der Waals surface area contributed by atoms with Crippen molar-refractivity contribution in [2.45, 2.75) is 0 Å². The molecule has 0 spiro atoms. The van der Waals surface area contributed by atoms with Crippen molar-refractivity contribution < 1.29 is 9.13 Å². The lowest BCUT2D eigenvalue weighted by Crippen LogP contribution is -1.99. The summed E-state index contributed by atoms with van der Waals surface area (Å²) in [6.45, 7) is 0. The molecule has 0 fully saturated rings. The van der Waals surface area contributed by atoms with Gasteiger partial charge in [0.15, 0.2) is 5.82 Å². The maximum atomic E-state index is 13.4. The van der Waals surface area contributed by atoms with Gasteiger partial charge in [-0.1, -0.05) is 0 Å². The van der Waals surface area contributed by atoms with Crippen LogP contribution in [0.15, 0.2) is 29.6 Å². The Morgan fingerprint density at radius 3 is 2.85 bits per heavy atom. The fourth-order valence-electron chi connectivity index (χ4n) is 2.02. The van der Waals surface area contributed by atoms with Gasteiger partial charge in [-0.2, -0.15) is 0 Å². The summed E-state index contributed by atoms with van der Waals surface area (Å²) in [5.74, 6) is 1.59. The molecule has 2 aromatic heterocycles. The Labute approximate surface area is 119 Å². The molecule has 0 atom stereocenters. The normalized spacial score (nSPS) is 10.8. The van der Waals surface area contributed by atoms with Crippen LogP contribution >= 0.6 is 11.3 Å². The van der Waals surface area contributed by atoms with Crippen LogP contribution in [-0.2, 0) is 0 Å². The Balaban J connectivity index is 2.27. The largest absolute Gasteiger partial charge is 0.495 e. The molecule has 0 amide bonds. The highest BCUT2D eigenvalue weighted by Crippen LogP contribution is 2.35. The Morgan fingerprint density at radius 2 is 2.10 bits per heavy atom. The van der Waals surface area contributed by atoms with Gasteiger partial charge in [0.2, 0.25) is 0 Å². The summed E-state index contributed by atoms with van der Waals surface area (Å²) >= 11 is 1.49. The highest BCUT2D eigenvalue weighted by Gasteiger charge is 2.14. The minimum Gasteiger partial charge on any atom is -0.495 e.